The molecule has 0 bridgehead atoms. The van der Waals surface area contributed by atoms with Crippen LogP contribution in [-0.4, -0.2) is 18.0 Å². The summed E-state index contributed by atoms with van der Waals surface area (Å²) in [5.41, 5.74) is 3.01. The molecule has 0 aromatic rings. The Bertz CT molecular complexity index is 424. The molecule has 1 aliphatic heterocycles. The number of aliphatic imine (C=N–C) groups is 1. The summed E-state index contributed by atoms with van der Waals surface area (Å²) in [4.78, 5) is 4.95. The third-order valence-electron chi connectivity index (χ3n) is 5.32. The summed E-state index contributed by atoms with van der Waals surface area (Å²) >= 11 is 0. The maximum Gasteiger partial charge on any atom is 0.212 e. The van der Waals surface area contributed by atoms with Gasteiger partial charge >= 0.3 is 0 Å². The Labute approximate surface area is 157 Å². The van der Waals surface area contributed by atoms with Gasteiger partial charge in [0.25, 0.3) is 0 Å². The molecule has 25 heavy (non-hydrogen) atoms. The van der Waals surface area contributed by atoms with E-state index in [2.05, 4.69) is 34.6 Å². The van der Waals surface area contributed by atoms with Gasteiger partial charge < -0.3 is 4.74 Å². The normalized spacial score (nSPS) is 22.0. The van der Waals surface area contributed by atoms with Gasteiger partial charge in [-0.1, -0.05) is 79.6 Å². The SMILES string of the molecule is CCCCCCN=C1OC(CCC)(CCCC)C(CCC)=C1CCC. The molecule has 0 saturated heterocycles. The van der Waals surface area contributed by atoms with Gasteiger partial charge in [0.1, 0.15) is 5.60 Å². The third-order valence-corrected chi connectivity index (χ3v) is 5.32. The van der Waals surface area contributed by atoms with E-state index in [4.69, 9.17) is 9.73 Å². The second-order valence-electron chi connectivity index (χ2n) is 7.65. The molecular weight excluding hydrogens is 306 g/mol. The van der Waals surface area contributed by atoms with Crippen LogP contribution >= 0.6 is 0 Å². The fraction of sp³-hybridized carbons (Fsp3) is 0.870. The summed E-state index contributed by atoms with van der Waals surface area (Å²) in [5.74, 6) is 1.01. The van der Waals surface area contributed by atoms with Crippen LogP contribution in [0.1, 0.15) is 118 Å². The van der Waals surface area contributed by atoms with E-state index in [-0.39, 0.29) is 5.60 Å². The molecule has 0 fully saturated rings. The Balaban J connectivity index is 3.06. The summed E-state index contributed by atoms with van der Waals surface area (Å²) in [6.45, 7) is 12.3. The summed E-state index contributed by atoms with van der Waals surface area (Å²) in [6.07, 6.45) is 15.7. The van der Waals surface area contributed by atoms with Crippen molar-refractivity contribution in [2.45, 2.75) is 124 Å². The number of ether oxygens (including phenoxy) is 1. The first-order valence-electron chi connectivity index (χ1n) is 11.1. The fourth-order valence-electron chi connectivity index (χ4n) is 4.09. The Morgan fingerprint density at radius 1 is 0.720 bits per heavy atom. The van der Waals surface area contributed by atoms with Crippen molar-refractivity contribution < 1.29 is 4.74 Å². The van der Waals surface area contributed by atoms with E-state index in [9.17, 15) is 0 Å². The van der Waals surface area contributed by atoms with Crippen molar-refractivity contribution in [2.75, 3.05) is 6.54 Å². The number of nitrogens with zero attached hydrogens (tertiary/aromatic N) is 1. The minimum atomic E-state index is -0.0481. The van der Waals surface area contributed by atoms with E-state index in [1.54, 1.807) is 5.57 Å². The van der Waals surface area contributed by atoms with Gasteiger partial charge in [-0.15, -0.1) is 0 Å². The lowest BCUT2D eigenvalue weighted by atomic mass is 9.80. The van der Waals surface area contributed by atoms with E-state index in [0.717, 1.165) is 31.7 Å². The van der Waals surface area contributed by atoms with Crippen LogP contribution < -0.4 is 0 Å². The minimum absolute atomic E-state index is 0.0481. The van der Waals surface area contributed by atoms with E-state index < -0.39 is 0 Å². The Morgan fingerprint density at radius 3 is 2.04 bits per heavy atom. The minimum Gasteiger partial charge on any atom is -0.467 e. The monoisotopic (exact) mass is 349 g/mol. The highest BCUT2D eigenvalue weighted by Crippen LogP contribution is 2.44. The van der Waals surface area contributed by atoms with E-state index in [0.29, 0.717) is 0 Å². The second-order valence-corrected chi connectivity index (χ2v) is 7.65. The van der Waals surface area contributed by atoms with Crippen LogP contribution in [-0.2, 0) is 4.74 Å². The van der Waals surface area contributed by atoms with Gasteiger partial charge in [0.05, 0.1) is 0 Å². The van der Waals surface area contributed by atoms with Crippen molar-refractivity contribution in [3.05, 3.63) is 11.1 Å². The molecule has 0 aromatic carbocycles. The molecule has 0 amide bonds. The molecule has 1 rings (SSSR count). The van der Waals surface area contributed by atoms with Crippen molar-refractivity contribution in [1.29, 1.82) is 0 Å². The molecule has 2 heteroatoms. The molecular formula is C23H43NO. The van der Waals surface area contributed by atoms with Crippen molar-refractivity contribution in [3.63, 3.8) is 0 Å². The molecule has 0 aromatic heterocycles. The number of unbranched alkanes of at least 4 members (excludes halogenated alkanes) is 4. The standard InChI is InChI=1S/C23H43NO/c1-6-11-13-14-19-24-22-20(15-8-3)21(16-9-4)23(25-22,17-10-5)18-12-7-2/h6-19H2,1-5H3. The number of rotatable bonds is 14. The third kappa shape index (κ3) is 6.46. The molecule has 1 heterocycles. The Morgan fingerprint density at radius 2 is 1.44 bits per heavy atom. The first kappa shape index (κ1) is 22.3. The molecule has 0 aliphatic carbocycles. The van der Waals surface area contributed by atoms with Crippen LogP contribution in [0.3, 0.4) is 0 Å². The average molecular weight is 350 g/mol. The second kappa shape index (κ2) is 12.5. The van der Waals surface area contributed by atoms with Crippen LogP contribution in [0.25, 0.3) is 0 Å². The summed E-state index contributed by atoms with van der Waals surface area (Å²) in [6, 6.07) is 0. The van der Waals surface area contributed by atoms with E-state index >= 15 is 0 Å². The molecule has 1 aliphatic rings. The van der Waals surface area contributed by atoms with Crippen molar-refractivity contribution in [3.8, 4) is 0 Å². The van der Waals surface area contributed by atoms with Crippen LogP contribution in [0, 0.1) is 0 Å². The topological polar surface area (TPSA) is 21.6 Å². The maximum absolute atomic E-state index is 6.70. The quantitative estimate of drug-likeness (QED) is 0.295. The molecule has 0 radical (unpaired) electrons. The van der Waals surface area contributed by atoms with E-state index in [1.807, 2.05) is 0 Å². The summed E-state index contributed by atoms with van der Waals surface area (Å²) < 4.78 is 6.70. The van der Waals surface area contributed by atoms with Gasteiger partial charge in [0.15, 0.2) is 0 Å². The lowest BCUT2D eigenvalue weighted by Crippen LogP contribution is -2.32. The van der Waals surface area contributed by atoms with Gasteiger partial charge in [-0.25, -0.2) is 0 Å². The first-order valence-corrected chi connectivity index (χ1v) is 11.1. The molecule has 1 unspecified atom stereocenters. The molecule has 146 valence electrons. The Hall–Kier alpha value is -0.790. The number of hydrogen-bond acceptors (Lipinski definition) is 2. The fourth-order valence-corrected chi connectivity index (χ4v) is 4.09. The lowest BCUT2D eigenvalue weighted by Gasteiger charge is -2.32. The summed E-state index contributed by atoms with van der Waals surface area (Å²) in [5, 5.41) is 0. The van der Waals surface area contributed by atoms with Crippen LogP contribution in [0.15, 0.2) is 16.1 Å². The highest BCUT2D eigenvalue weighted by molar-refractivity contribution is 5.97. The van der Waals surface area contributed by atoms with Crippen LogP contribution in [0.5, 0.6) is 0 Å². The molecule has 0 spiro atoms. The molecule has 0 N–H and O–H groups in total. The zero-order valence-corrected chi connectivity index (χ0v) is 17.8. The van der Waals surface area contributed by atoms with Gasteiger partial charge in [0, 0.05) is 12.1 Å². The molecule has 2 nitrogen and oxygen atoms in total. The van der Waals surface area contributed by atoms with Crippen molar-refractivity contribution >= 4 is 5.90 Å². The highest BCUT2D eigenvalue weighted by Gasteiger charge is 2.43. The van der Waals surface area contributed by atoms with Gasteiger partial charge in [-0.3, -0.25) is 4.99 Å². The van der Waals surface area contributed by atoms with Crippen LogP contribution in [0.4, 0.5) is 0 Å². The van der Waals surface area contributed by atoms with Crippen molar-refractivity contribution in [2.24, 2.45) is 4.99 Å². The lowest BCUT2D eigenvalue weighted by molar-refractivity contribution is 0.0806. The van der Waals surface area contributed by atoms with Gasteiger partial charge in [-0.05, 0) is 44.1 Å². The Kier molecular flexibility index (Phi) is 11.2. The predicted octanol–water partition coefficient (Wildman–Crippen LogP) is 7.62. The average Bonchev–Trinajstić information content (AvgIpc) is 2.88. The largest absolute Gasteiger partial charge is 0.467 e. The van der Waals surface area contributed by atoms with Crippen molar-refractivity contribution in [1.82, 2.24) is 0 Å². The summed E-state index contributed by atoms with van der Waals surface area (Å²) in [7, 11) is 0. The predicted molar refractivity (Wildman–Crippen MR) is 112 cm³/mol. The molecule has 0 saturated carbocycles. The number of hydrogen-bond donors (Lipinski definition) is 0. The first-order chi connectivity index (χ1) is 12.2. The van der Waals surface area contributed by atoms with Crippen LogP contribution in [0.2, 0.25) is 0 Å². The zero-order chi connectivity index (χ0) is 18.5. The smallest absolute Gasteiger partial charge is 0.212 e. The highest BCUT2D eigenvalue weighted by atomic mass is 16.5. The molecule has 1 atom stereocenters. The zero-order valence-electron chi connectivity index (χ0n) is 17.8. The van der Waals surface area contributed by atoms with Gasteiger partial charge in [-0.2, -0.15) is 0 Å². The van der Waals surface area contributed by atoms with Gasteiger partial charge in [0.2, 0.25) is 5.90 Å². The maximum atomic E-state index is 6.70. The van der Waals surface area contributed by atoms with E-state index in [1.165, 1.54) is 69.8 Å².